The first-order valence-electron chi connectivity index (χ1n) is 7.26. The third-order valence-corrected chi connectivity index (χ3v) is 5.16. The fraction of sp³-hybridized carbons (Fsp3) is 0.353. The number of nitrogens with one attached hydrogen (secondary N) is 1. The maximum absolute atomic E-state index is 12.8. The molecule has 0 saturated carbocycles. The van der Waals surface area contributed by atoms with Crippen LogP contribution in [-0.2, 0) is 19.4 Å². The van der Waals surface area contributed by atoms with Gasteiger partial charge in [-0.3, -0.25) is 4.79 Å². The van der Waals surface area contributed by atoms with Crippen LogP contribution >= 0.6 is 11.3 Å². The van der Waals surface area contributed by atoms with Crippen molar-refractivity contribution < 1.29 is 9.18 Å². The van der Waals surface area contributed by atoms with Gasteiger partial charge in [0.1, 0.15) is 5.82 Å². The Hall–Kier alpha value is -1.68. The molecule has 21 heavy (non-hydrogen) atoms. The zero-order valence-electron chi connectivity index (χ0n) is 12.0. The van der Waals surface area contributed by atoms with Crippen molar-refractivity contribution >= 4 is 17.2 Å². The summed E-state index contributed by atoms with van der Waals surface area (Å²) in [5.41, 5.74) is 2.24. The molecule has 0 unspecified atom stereocenters. The number of carbonyl (C=O) groups is 1. The highest BCUT2D eigenvalue weighted by molar-refractivity contribution is 7.14. The molecular formula is C17H18FNOS. The number of aryl methyl sites for hydroxylation is 1. The fourth-order valence-corrected chi connectivity index (χ4v) is 3.81. The van der Waals surface area contributed by atoms with Crippen molar-refractivity contribution in [1.82, 2.24) is 5.32 Å². The number of halogens is 1. The average Bonchev–Trinajstić information content (AvgIpc) is 2.89. The van der Waals surface area contributed by atoms with Crippen molar-refractivity contribution in [2.24, 2.45) is 5.92 Å². The van der Waals surface area contributed by atoms with Crippen molar-refractivity contribution in [2.45, 2.75) is 32.7 Å². The summed E-state index contributed by atoms with van der Waals surface area (Å²) in [7, 11) is 0. The predicted molar refractivity (Wildman–Crippen MR) is 83.1 cm³/mol. The predicted octanol–water partition coefficient (Wildman–Crippen LogP) is 3.94. The third kappa shape index (κ3) is 3.32. The molecule has 0 spiro atoms. The molecule has 2 nitrogen and oxygen atoms in total. The lowest BCUT2D eigenvalue weighted by Crippen LogP contribution is -2.21. The van der Waals surface area contributed by atoms with E-state index in [-0.39, 0.29) is 11.7 Å². The lowest BCUT2D eigenvalue weighted by atomic mass is 9.90. The molecule has 1 aromatic heterocycles. The maximum atomic E-state index is 12.8. The average molecular weight is 303 g/mol. The van der Waals surface area contributed by atoms with Crippen molar-refractivity contribution in [3.63, 3.8) is 0 Å². The first-order valence-corrected chi connectivity index (χ1v) is 8.07. The number of rotatable bonds is 3. The highest BCUT2D eigenvalue weighted by Gasteiger charge is 2.20. The summed E-state index contributed by atoms with van der Waals surface area (Å²) < 4.78 is 12.8. The monoisotopic (exact) mass is 303 g/mol. The molecule has 1 atom stereocenters. The van der Waals surface area contributed by atoms with E-state index in [0.29, 0.717) is 12.5 Å². The van der Waals surface area contributed by atoms with Crippen LogP contribution in [-0.4, -0.2) is 5.91 Å². The van der Waals surface area contributed by atoms with Gasteiger partial charge in [0, 0.05) is 11.4 Å². The number of hydrogen-bond acceptors (Lipinski definition) is 2. The van der Waals surface area contributed by atoms with Crippen LogP contribution in [0, 0.1) is 11.7 Å². The van der Waals surface area contributed by atoms with Crippen LogP contribution in [0.25, 0.3) is 0 Å². The molecule has 2 aromatic rings. The summed E-state index contributed by atoms with van der Waals surface area (Å²) >= 11 is 1.61. The van der Waals surface area contributed by atoms with Gasteiger partial charge in [-0.25, -0.2) is 4.39 Å². The van der Waals surface area contributed by atoms with E-state index in [2.05, 4.69) is 12.2 Å². The Labute approximate surface area is 128 Å². The number of hydrogen-bond donors (Lipinski definition) is 1. The van der Waals surface area contributed by atoms with E-state index in [1.54, 1.807) is 23.5 Å². The van der Waals surface area contributed by atoms with Crippen molar-refractivity contribution in [3.8, 4) is 0 Å². The van der Waals surface area contributed by atoms with Gasteiger partial charge < -0.3 is 5.32 Å². The van der Waals surface area contributed by atoms with Gasteiger partial charge in [0.15, 0.2) is 0 Å². The third-order valence-electron chi connectivity index (χ3n) is 3.92. The molecule has 3 rings (SSSR count). The Balaban J connectivity index is 1.64. The quantitative estimate of drug-likeness (QED) is 0.914. The molecule has 0 fully saturated rings. The number of fused-ring (bicyclic) bond motifs is 1. The minimum Gasteiger partial charge on any atom is -0.347 e. The van der Waals surface area contributed by atoms with Crippen molar-refractivity contribution in [3.05, 3.63) is 57.0 Å². The van der Waals surface area contributed by atoms with E-state index < -0.39 is 0 Å². The molecular weight excluding hydrogens is 285 g/mol. The van der Waals surface area contributed by atoms with Crippen LogP contribution in [0.15, 0.2) is 30.3 Å². The largest absolute Gasteiger partial charge is 0.347 e. The Kier molecular flexibility index (Phi) is 4.06. The fourth-order valence-electron chi connectivity index (χ4n) is 2.69. The maximum Gasteiger partial charge on any atom is 0.261 e. The summed E-state index contributed by atoms with van der Waals surface area (Å²) in [5.74, 6) is 0.415. The topological polar surface area (TPSA) is 29.1 Å². The minimum atomic E-state index is -0.259. The van der Waals surface area contributed by atoms with Crippen LogP contribution in [0.1, 0.15) is 39.0 Å². The second kappa shape index (κ2) is 5.98. The normalized spacial score (nSPS) is 17.3. The van der Waals surface area contributed by atoms with Gasteiger partial charge in [0.25, 0.3) is 5.91 Å². The molecule has 1 aromatic carbocycles. The summed E-state index contributed by atoms with van der Waals surface area (Å²) in [6.07, 6.45) is 3.38. The number of amides is 1. The molecule has 0 aliphatic heterocycles. The molecule has 1 aliphatic carbocycles. The Bertz CT molecular complexity index is 647. The molecule has 0 bridgehead atoms. The molecule has 0 saturated heterocycles. The van der Waals surface area contributed by atoms with Crippen LogP contribution in [0.4, 0.5) is 4.39 Å². The zero-order chi connectivity index (χ0) is 14.8. The van der Waals surface area contributed by atoms with Gasteiger partial charge in [0.2, 0.25) is 0 Å². The second-order valence-electron chi connectivity index (χ2n) is 5.72. The van der Waals surface area contributed by atoms with Gasteiger partial charge in [0.05, 0.1) is 4.88 Å². The number of benzene rings is 1. The van der Waals surface area contributed by atoms with E-state index in [1.807, 2.05) is 6.07 Å². The standard InChI is InChI=1S/C17H18FNOS/c1-11-2-7-15-13(8-11)9-16(21-15)17(20)19-10-12-3-5-14(18)6-4-12/h3-6,9,11H,2,7-8,10H2,1H3,(H,19,20)/t11-/m1/s1. The molecule has 1 heterocycles. The van der Waals surface area contributed by atoms with Crippen molar-refractivity contribution in [2.75, 3.05) is 0 Å². The SMILES string of the molecule is C[C@@H]1CCc2sc(C(=O)NCc3ccc(F)cc3)cc2C1. The van der Waals surface area contributed by atoms with Crippen LogP contribution in [0.3, 0.4) is 0 Å². The summed E-state index contributed by atoms with van der Waals surface area (Å²) in [4.78, 5) is 14.4. The summed E-state index contributed by atoms with van der Waals surface area (Å²) in [6, 6.07) is 8.24. The van der Waals surface area contributed by atoms with Crippen LogP contribution in [0.2, 0.25) is 0 Å². The van der Waals surface area contributed by atoms with E-state index in [0.717, 1.165) is 23.3 Å². The highest BCUT2D eigenvalue weighted by atomic mass is 32.1. The van der Waals surface area contributed by atoms with Gasteiger partial charge in [-0.15, -0.1) is 11.3 Å². The van der Waals surface area contributed by atoms with Gasteiger partial charge in [-0.2, -0.15) is 0 Å². The Morgan fingerprint density at radius 1 is 1.38 bits per heavy atom. The van der Waals surface area contributed by atoms with Crippen molar-refractivity contribution in [1.29, 1.82) is 0 Å². The molecule has 1 amide bonds. The molecule has 1 aliphatic rings. The van der Waals surface area contributed by atoms with Gasteiger partial charge >= 0.3 is 0 Å². The molecule has 1 N–H and O–H groups in total. The van der Waals surface area contributed by atoms with Crippen LogP contribution < -0.4 is 5.32 Å². The lowest BCUT2D eigenvalue weighted by molar-refractivity contribution is 0.0955. The first-order chi connectivity index (χ1) is 10.1. The minimum absolute atomic E-state index is 0.0358. The molecule has 4 heteroatoms. The Morgan fingerprint density at radius 2 is 2.14 bits per heavy atom. The molecule has 0 radical (unpaired) electrons. The van der Waals surface area contributed by atoms with E-state index in [4.69, 9.17) is 0 Å². The smallest absolute Gasteiger partial charge is 0.261 e. The van der Waals surface area contributed by atoms with Gasteiger partial charge in [-0.05, 0) is 54.5 Å². The number of carbonyl (C=O) groups excluding carboxylic acids is 1. The first kappa shape index (κ1) is 14.3. The van der Waals surface area contributed by atoms with E-state index in [1.165, 1.54) is 29.0 Å². The number of thiophene rings is 1. The highest BCUT2D eigenvalue weighted by Crippen LogP contribution is 2.32. The lowest BCUT2D eigenvalue weighted by Gasteiger charge is -2.16. The van der Waals surface area contributed by atoms with E-state index in [9.17, 15) is 9.18 Å². The zero-order valence-corrected chi connectivity index (χ0v) is 12.8. The summed E-state index contributed by atoms with van der Waals surface area (Å²) in [5, 5.41) is 2.90. The second-order valence-corrected chi connectivity index (χ2v) is 6.85. The van der Waals surface area contributed by atoms with E-state index >= 15 is 0 Å². The summed E-state index contributed by atoms with van der Waals surface area (Å²) in [6.45, 7) is 2.69. The Morgan fingerprint density at radius 3 is 2.90 bits per heavy atom. The molecule has 110 valence electrons. The van der Waals surface area contributed by atoms with Crippen LogP contribution in [0.5, 0.6) is 0 Å². The van der Waals surface area contributed by atoms with Gasteiger partial charge in [-0.1, -0.05) is 19.1 Å².